The number of aromatic amines is 2. The molecule has 0 saturated heterocycles. The third-order valence-electron chi connectivity index (χ3n) is 6.46. The lowest BCUT2D eigenvalue weighted by atomic mass is 9.93. The van der Waals surface area contributed by atoms with Crippen molar-refractivity contribution in [1.82, 2.24) is 9.97 Å². The van der Waals surface area contributed by atoms with Gasteiger partial charge in [-0.3, -0.25) is 9.59 Å². The monoisotopic (exact) mass is 447 g/mol. The molecule has 3 N–H and O–H groups in total. The van der Waals surface area contributed by atoms with Gasteiger partial charge in [-0.15, -0.1) is 0 Å². The van der Waals surface area contributed by atoms with Crippen LogP contribution < -0.4 is 4.90 Å². The lowest BCUT2D eigenvalue weighted by Gasteiger charge is -2.15. The smallest absolute Gasteiger partial charge is 0.266 e. The Morgan fingerprint density at radius 1 is 0.676 bits per heavy atom. The van der Waals surface area contributed by atoms with Crippen molar-refractivity contribution in [3.8, 4) is 5.75 Å². The number of rotatable bonds is 3. The van der Waals surface area contributed by atoms with Crippen LogP contribution in [0, 0.1) is 13.8 Å². The number of aryl methyl sites for hydroxylation is 2. The summed E-state index contributed by atoms with van der Waals surface area (Å²) in [5.41, 5.74) is 5.90. The van der Waals surface area contributed by atoms with Crippen LogP contribution in [0.5, 0.6) is 5.75 Å². The summed E-state index contributed by atoms with van der Waals surface area (Å²) in [5.74, 6) is -0.842. The summed E-state index contributed by atoms with van der Waals surface area (Å²) < 4.78 is 0. The molecule has 3 aromatic carbocycles. The number of imide groups is 1. The van der Waals surface area contributed by atoms with Gasteiger partial charge in [0, 0.05) is 50.4 Å². The van der Waals surface area contributed by atoms with Gasteiger partial charge in [-0.25, -0.2) is 4.90 Å². The molecule has 5 aromatic rings. The van der Waals surface area contributed by atoms with Gasteiger partial charge in [0.2, 0.25) is 0 Å². The number of fused-ring (bicyclic) bond motifs is 2. The minimum Gasteiger partial charge on any atom is -0.508 e. The van der Waals surface area contributed by atoms with Crippen molar-refractivity contribution in [1.29, 1.82) is 0 Å². The van der Waals surface area contributed by atoms with E-state index in [0.29, 0.717) is 16.8 Å². The second-order valence-corrected chi connectivity index (χ2v) is 8.56. The molecular weight excluding hydrogens is 426 g/mol. The fourth-order valence-electron chi connectivity index (χ4n) is 5.06. The first-order valence-electron chi connectivity index (χ1n) is 11.0. The Hall–Kier alpha value is -4.58. The van der Waals surface area contributed by atoms with Gasteiger partial charge in [-0.2, -0.15) is 0 Å². The fourth-order valence-corrected chi connectivity index (χ4v) is 5.06. The number of phenols is 1. The van der Waals surface area contributed by atoms with E-state index in [1.807, 2.05) is 62.4 Å². The summed E-state index contributed by atoms with van der Waals surface area (Å²) in [6, 6.07) is 21.7. The first-order chi connectivity index (χ1) is 16.5. The average molecular weight is 447 g/mol. The molecular formula is C28H21N3O3. The molecule has 2 amide bonds. The number of benzene rings is 3. The summed E-state index contributed by atoms with van der Waals surface area (Å²) in [7, 11) is 0. The highest BCUT2D eigenvalue weighted by Gasteiger charge is 2.43. The second kappa shape index (κ2) is 7.22. The second-order valence-electron chi connectivity index (χ2n) is 8.56. The van der Waals surface area contributed by atoms with Crippen LogP contribution in [0.15, 0.2) is 72.8 Å². The summed E-state index contributed by atoms with van der Waals surface area (Å²) in [6.45, 7) is 3.83. The number of para-hydroxylation sites is 2. The van der Waals surface area contributed by atoms with Crippen LogP contribution in [0.3, 0.4) is 0 Å². The highest BCUT2D eigenvalue weighted by Crippen LogP contribution is 2.44. The number of nitrogens with one attached hydrogen (secondary N) is 2. The summed E-state index contributed by atoms with van der Waals surface area (Å²) in [6.07, 6.45) is 0. The van der Waals surface area contributed by atoms with Crippen LogP contribution in [-0.4, -0.2) is 26.9 Å². The molecule has 6 rings (SSSR count). The molecule has 0 atom stereocenters. The summed E-state index contributed by atoms with van der Waals surface area (Å²) in [5, 5.41) is 11.8. The maximum absolute atomic E-state index is 14.0. The van der Waals surface area contributed by atoms with E-state index in [0.717, 1.165) is 49.2 Å². The number of aromatic nitrogens is 2. The molecule has 3 heterocycles. The van der Waals surface area contributed by atoms with Crippen LogP contribution >= 0.6 is 0 Å². The van der Waals surface area contributed by atoms with E-state index in [2.05, 4.69) is 9.97 Å². The first-order valence-corrected chi connectivity index (χ1v) is 11.0. The van der Waals surface area contributed by atoms with Crippen LogP contribution in [0.4, 0.5) is 5.69 Å². The molecule has 6 heteroatoms. The topological polar surface area (TPSA) is 89.2 Å². The van der Waals surface area contributed by atoms with E-state index in [1.54, 1.807) is 12.1 Å². The largest absolute Gasteiger partial charge is 0.508 e. The van der Waals surface area contributed by atoms with Crippen molar-refractivity contribution >= 4 is 50.5 Å². The quantitative estimate of drug-likeness (QED) is 0.321. The number of amides is 2. The lowest BCUT2D eigenvalue weighted by Crippen LogP contribution is -2.31. The molecule has 0 spiro atoms. The van der Waals surface area contributed by atoms with Gasteiger partial charge in [0.25, 0.3) is 11.8 Å². The number of hydrogen-bond acceptors (Lipinski definition) is 3. The Balaban J connectivity index is 1.70. The Morgan fingerprint density at radius 3 is 1.68 bits per heavy atom. The number of nitrogens with zero attached hydrogens (tertiary/aromatic N) is 1. The molecule has 6 nitrogen and oxygen atoms in total. The minimum atomic E-state index is -0.414. The fraction of sp³-hybridized carbons (Fsp3) is 0.0714. The Morgan fingerprint density at radius 2 is 1.18 bits per heavy atom. The maximum atomic E-state index is 14.0. The minimum absolute atomic E-state index is 0.0142. The number of anilines is 1. The Labute approximate surface area is 195 Å². The molecule has 1 aliphatic heterocycles. The zero-order valence-electron chi connectivity index (χ0n) is 18.6. The van der Waals surface area contributed by atoms with Crippen LogP contribution in [0.2, 0.25) is 0 Å². The zero-order valence-corrected chi connectivity index (χ0v) is 18.6. The van der Waals surface area contributed by atoms with Gasteiger partial charge in [0.1, 0.15) is 5.75 Å². The number of phenolic OH excluding ortho intramolecular Hbond substituents is 1. The van der Waals surface area contributed by atoms with Crippen LogP contribution in [0.25, 0.3) is 33.0 Å². The van der Waals surface area contributed by atoms with E-state index in [-0.39, 0.29) is 5.75 Å². The molecule has 0 radical (unpaired) electrons. The molecule has 0 unspecified atom stereocenters. The van der Waals surface area contributed by atoms with E-state index < -0.39 is 11.8 Å². The number of carbonyl (C=O) groups excluding carboxylic acids is 2. The standard InChI is InChI=1S/C28H21N3O3/c1-15-23(19-10-3-5-12-21(19)29-15)25-26(24-16(2)30-22-13-6-4-11-20(22)24)28(34)31(27(25)33)17-8-7-9-18(32)14-17/h3-14,29-30,32H,1-2H3. The predicted octanol–water partition coefficient (Wildman–Crippen LogP) is 5.46. The van der Waals surface area contributed by atoms with Gasteiger partial charge in [0.15, 0.2) is 0 Å². The number of H-pyrrole nitrogens is 2. The molecule has 0 bridgehead atoms. The van der Waals surface area contributed by atoms with Crippen LogP contribution in [0.1, 0.15) is 22.5 Å². The van der Waals surface area contributed by atoms with E-state index in [1.165, 1.54) is 12.1 Å². The first kappa shape index (κ1) is 20.1. The molecule has 1 aliphatic rings. The van der Waals surface area contributed by atoms with Crippen LogP contribution in [-0.2, 0) is 9.59 Å². The molecule has 0 aliphatic carbocycles. The van der Waals surface area contributed by atoms with Gasteiger partial charge >= 0.3 is 0 Å². The van der Waals surface area contributed by atoms with Gasteiger partial charge in [0.05, 0.1) is 16.8 Å². The van der Waals surface area contributed by atoms with Crippen molar-refractivity contribution < 1.29 is 14.7 Å². The maximum Gasteiger partial charge on any atom is 0.266 e. The van der Waals surface area contributed by atoms with Crippen molar-refractivity contribution in [3.05, 3.63) is 95.3 Å². The summed E-state index contributed by atoms with van der Waals surface area (Å²) >= 11 is 0. The average Bonchev–Trinajstić information content (AvgIpc) is 3.40. The SMILES string of the molecule is Cc1[nH]c2ccccc2c1C1=C(c2c(C)[nH]c3ccccc23)C(=O)N(c2cccc(O)c2)C1=O. The predicted molar refractivity (Wildman–Crippen MR) is 133 cm³/mol. The van der Waals surface area contributed by atoms with Crippen molar-refractivity contribution in [2.45, 2.75) is 13.8 Å². The summed E-state index contributed by atoms with van der Waals surface area (Å²) in [4.78, 5) is 35.9. The van der Waals surface area contributed by atoms with E-state index >= 15 is 0 Å². The third kappa shape index (κ3) is 2.75. The lowest BCUT2D eigenvalue weighted by molar-refractivity contribution is -0.119. The molecule has 2 aromatic heterocycles. The van der Waals surface area contributed by atoms with Gasteiger partial charge < -0.3 is 15.1 Å². The molecule has 0 saturated carbocycles. The molecule has 166 valence electrons. The Bertz CT molecular complexity index is 1580. The highest BCUT2D eigenvalue weighted by atomic mass is 16.3. The van der Waals surface area contributed by atoms with Crippen molar-refractivity contribution in [3.63, 3.8) is 0 Å². The Kier molecular flexibility index (Phi) is 4.26. The number of carbonyl (C=O) groups is 2. The van der Waals surface area contributed by atoms with E-state index in [9.17, 15) is 14.7 Å². The number of aromatic hydroxyl groups is 1. The van der Waals surface area contributed by atoms with Gasteiger partial charge in [-0.1, -0.05) is 42.5 Å². The molecule has 0 fully saturated rings. The highest BCUT2D eigenvalue weighted by molar-refractivity contribution is 6.58. The third-order valence-corrected chi connectivity index (χ3v) is 6.46. The van der Waals surface area contributed by atoms with Gasteiger partial charge in [-0.05, 0) is 38.1 Å². The molecule has 34 heavy (non-hydrogen) atoms. The number of hydrogen-bond donors (Lipinski definition) is 3. The van der Waals surface area contributed by atoms with E-state index in [4.69, 9.17) is 0 Å². The van der Waals surface area contributed by atoms with Crippen molar-refractivity contribution in [2.24, 2.45) is 0 Å². The van der Waals surface area contributed by atoms with Crippen molar-refractivity contribution in [2.75, 3.05) is 4.90 Å². The normalized spacial score (nSPS) is 14.2. The zero-order chi connectivity index (χ0) is 23.6.